The number of rotatable bonds is 33. The molecule has 0 aliphatic heterocycles. The summed E-state index contributed by atoms with van der Waals surface area (Å²) in [6, 6.07) is -0.873. The minimum atomic E-state index is -4.33. The fourth-order valence-corrected chi connectivity index (χ4v) is 5.67. The second kappa shape index (κ2) is 32.7. The standard InChI is InChI=1S/C36H69N2O6P/c1-3-5-7-9-11-12-13-14-15-16-17-18-19-20-21-22-24-26-28-30-36(40)38-34(33-44-45(41,42)43-32-31-37)35(39)29-27-25-23-10-8-6-4-2/h8,10,14-15,27,29,34-35,39H,3-7,9,11-13,16-26,28,30-33,37H2,1-2H3,(H,38,40)(H,41,42)/b10-8+,15-14-,29-27+. The third-order valence-electron chi connectivity index (χ3n) is 7.67. The number of nitrogens with two attached hydrogens (primary N) is 1. The minimum absolute atomic E-state index is 0.0728. The van der Waals surface area contributed by atoms with Crippen LogP contribution >= 0.6 is 7.82 Å². The molecule has 3 unspecified atom stereocenters. The van der Waals surface area contributed by atoms with Gasteiger partial charge in [-0.25, -0.2) is 4.57 Å². The molecule has 0 fully saturated rings. The van der Waals surface area contributed by atoms with Crippen LogP contribution < -0.4 is 11.1 Å². The molecular weight excluding hydrogens is 587 g/mol. The normalized spacial score (nSPS) is 14.9. The van der Waals surface area contributed by atoms with E-state index in [1.165, 1.54) is 89.9 Å². The molecule has 0 aliphatic carbocycles. The third kappa shape index (κ3) is 31.1. The van der Waals surface area contributed by atoms with Crippen molar-refractivity contribution < 1.29 is 28.4 Å². The van der Waals surface area contributed by atoms with Crippen molar-refractivity contribution in [3.05, 3.63) is 36.5 Å². The number of amides is 1. The van der Waals surface area contributed by atoms with E-state index in [0.717, 1.165) is 44.9 Å². The molecule has 0 saturated heterocycles. The number of phosphoric acid groups is 1. The van der Waals surface area contributed by atoms with Gasteiger partial charge >= 0.3 is 7.82 Å². The molecule has 0 heterocycles. The minimum Gasteiger partial charge on any atom is -0.387 e. The van der Waals surface area contributed by atoms with E-state index in [2.05, 4.69) is 43.5 Å². The van der Waals surface area contributed by atoms with E-state index >= 15 is 0 Å². The molecule has 0 radical (unpaired) electrons. The highest BCUT2D eigenvalue weighted by Crippen LogP contribution is 2.43. The number of phosphoric ester groups is 1. The molecule has 5 N–H and O–H groups in total. The Morgan fingerprint density at radius 1 is 0.711 bits per heavy atom. The van der Waals surface area contributed by atoms with E-state index in [4.69, 9.17) is 14.8 Å². The van der Waals surface area contributed by atoms with Crippen molar-refractivity contribution in [1.29, 1.82) is 0 Å². The maximum absolute atomic E-state index is 12.6. The number of allylic oxidation sites excluding steroid dienone is 5. The Bertz CT molecular complexity index is 804. The number of aliphatic hydroxyl groups excluding tert-OH is 1. The molecule has 264 valence electrons. The summed E-state index contributed by atoms with van der Waals surface area (Å²) in [5, 5.41) is 13.4. The highest BCUT2D eigenvalue weighted by atomic mass is 31.2. The Hall–Kier alpha value is -1.28. The summed E-state index contributed by atoms with van der Waals surface area (Å²) in [6.07, 6.45) is 36.5. The molecular formula is C36H69N2O6P. The summed E-state index contributed by atoms with van der Waals surface area (Å²) in [4.78, 5) is 22.5. The predicted molar refractivity (Wildman–Crippen MR) is 189 cm³/mol. The number of carbonyl (C=O) groups is 1. The van der Waals surface area contributed by atoms with Crippen molar-refractivity contribution in [1.82, 2.24) is 5.32 Å². The molecule has 0 saturated carbocycles. The molecule has 8 nitrogen and oxygen atoms in total. The van der Waals surface area contributed by atoms with E-state index in [9.17, 15) is 19.4 Å². The maximum Gasteiger partial charge on any atom is 0.472 e. The first-order valence-electron chi connectivity index (χ1n) is 18.1. The van der Waals surface area contributed by atoms with Crippen molar-refractivity contribution in [3.63, 3.8) is 0 Å². The van der Waals surface area contributed by atoms with Crippen LogP contribution in [0.5, 0.6) is 0 Å². The van der Waals surface area contributed by atoms with E-state index < -0.39 is 20.0 Å². The van der Waals surface area contributed by atoms with Crippen LogP contribution in [0.15, 0.2) is 36.5 Å². The highest BCUT2D eigenvalue weighted by Gasteiger charge is 2.26. The zero-order valence-corrected chi connectivity index (χ0v) is 29.7. The van der Waals surface area contributed by atoms with Crippen LogP contribution in [-0.2, 0) is 18.4 Å². The molecule has 3 atom stereocenters. The summed E-state index contributed by atoms with van der Waals surface area (Å²) in [5.74, 6) is -0.213. The molecule has 0 aromatic heterocycles. The summed E-state index contributed by atoms with van der Waals surface area (Å²) in [6.45, 7) is 3.98. The number of hydrogen-bond acceptors (Lipinski definition) is 6. The Kier molecular flexibility index (Phi) is 31.7. The highest BCUT2D eigenvalue weighted by molar-refractivity contribution is 7.47. The molecule has 45 heavy (non-hydrogen) atoms. The van der Waals surface area contributed by atoms with Gasteiger partial charge in [0.2, 0.25) is 5.91 Å². The van der Waals surface area contributed by atoms with E-state index in [1.807, 2.05) is 6.08 Å². The van der Waals surface area contributed by atoms with Gasteiger partial charge in [0.05, 0.1) is 25.4 Å². The van der Waals surface area contributed by atoms with Crippen molar-refractivity contribution in [3.8, 4) is 0 Å². The number of aliphatic hydroxyl groups is 1. The van der Waals surface area contributed by atoms with E-state index in [1.54, 1.807) is 6.08 Å². The molecule has 0 aromatic rings. The van der Waals surface area contributed by atoms with Gasteiger partial charge in [-0.3, -0.25) is 13.8 Å². The maximum atomic E-state index is 12.6. The monoisotopic (exact) mass is 656 g/mol. The molecule has 0 aromatic carbocycles. The lowest BCUT2D eigenvalue weighted by molar-refractivity contribution is -0.123. The molecule has 0 rings (SSSR count). The van der Waals surface area contributed by atoms with E-state index in [0.29, 0.717) is 6.42 Å². The van der Waals surface area contributed by atoms with E-state index in [-0.39, 0.29) is 25.7 Å². The SMILES string of the molecule is CCC/C=C/CC/C=C/C(O)C(COP(=O)(O)OCCN)NC(=O)CCCCCCCCCCC/C=C\CCCCCCCC. The number of hydrogen-bond donors (Lipinski definition) is 4. The van der Waals surface area contributed by atoms with Crippen molar-refractivity contribution >= 4 is 13.7 Å². The molecule has 0 aliphatic rings. The average Bonchev–Trinajstić information content (AvgIpc) is 3.02. The lowest BCUT2D eigenvalue weighted by Crippen LogP contribution is -2.45. The Balaban J connectivity index is 4.15. The smallest absolute Gasteiger partial charge is 0.387 e. The van der Waals surface area contributed by atoms with Crippen LogP contribution in [0, 0.1) is 0 Å². The lowest BCUT2D eigenvalue weighted by atomic mass is 10.0. The quantitative estimate of drug-likeness (QED) is 0.0315. The first kappa shape index (κ1) is 43.7. The van der Waals surface area contributed by atoms with Gasteiger partial charge < -0.3 is 21.1 Å². The Labute approximate surface area is 276 Å². The number of carbonyl (C=O) groups excluding carboxylic acids is 1. The van der Waals surface area contributed by atoms with Crippen LogP contribution in [-0.4, -0.2) is 47.8 Å². The van der Waals surface area contributed by atoms with Crippen LogP contribution in [0.25, 0.3) is 0 Å². The van der Waals surface area contributed by atoms with Gasteiger partial charge in [0.1, 0.15) is 0 Å². The summed E-state index contributed by atoms with van der Waals surface area (Å²) in [7, 11) is -4.33. The van der Waals surface area contributed by atoms with Crippen LogP contribution in [0.1, 0.15) is 155 Å². The first-order chi connectivity index (χ1) is 21.9. The van der Waals surface area contributed by atoms with Crippen LogP contribution in [0.4, 0.5) is 0 Å². The average molecular weight is 657 g/mol. The van der Waals surface area contributed by atoms with Gasteiger partial charge in [-0.1, -0.05) is 134 Å². The van der Waals surface area contributed by atoms with Crippen molar-refractivity contribution in [2.45, 2.75) is 167 Å². The fourth-order valence-electron chi connectivity index (χ4n) is 4.91. The van der Waals surface area contributed by atoms with Crippen molar-refractivity contribution in [2.24, 2.45) is 5.73 Å². The summed E-state index contributed by atoms with van der Waals surface area (Å²) < 4.78 is 21.9. The van der Waals surface area contributed by atoms with Gasteiger partial charge in [0.25, 0.3) is 0 Å². The topological polar surface area (TPSA) is 131 Å². The zero-order valence-electron chi connectivity index (χ0n) is 28.8. The van der Waals surface area contributed by atoms with Crippen molar-refractivity contribution in [2.75, 3.05) is 19.8 Å². The molecule has 9 heteroatoms. The Morgan fingerprint density at radius 3 is 1.80 bits per heavy atom. The Morgan fingerprint density at radius 2 is 1.22 bits per heavy atom. The van der Waals surface area contributed by atoms with Gasteiger partial charge in [-0.15, -0.1) is 0 Å². The second-order valence-corrected chi connectivity index (χ2v) is 13.5. The zero-order chi connectivity index (χ0) is 33.3. The number of unbranched alkanes of at least 4 members (excludes halogenated alkanes) is 17. The third-order valence-corrected chi connectivity index (χ3v) is 8.65. The van der Waals surface area contributed by atoms with Crippen LogP contribution in [0.2, 0.25) is 0 Å². The molecule has 0 spiro atoms. The van der Waals surface area contributed by atoms with Crippen LogP contribution in [0.3, 0.4) is 0 Å². The molecule has 0 bridgehead atoms. The van der Waals surface area contributed by atoms with Gasteiger partial charge in [-0.05, 0) is 51.4 Å². The summed E-state index contributed by atoms with van der Waals surface area (Å²) in [5.41, 5.74) is 5.33. The summed E-state index contributed by atoms with van der Waals surface area (Å²) >= 11 is 0. The van der Waals surface area contributed by atoms with Gasteiger partial charge in [0, 0.05) is 13.0 Å². The number of nitrogens with one attached hydrogen (secondary N) is 1. The second-order valence-electron chi connectivity index (χ2n) is 12.1. The predicted octanol–water partition coefficient (Wildman–Crippen LogP) is 9.22. The largest absolute Gasteiger partial charge is 0.472 e. The fraction of sp³-hybridized carbons (Fsp3) is 0.806. The van der Waals surface area contributed by atoms with Gasteiger partial charge in [-0.2, -0.15) is 0 Å². The van der Waals surface area contributed by atoms with Gasteiger partial charge in [0.15, 0.2) is 0 Å². The lowest BCUT2D eigenvalue weighted by Gasteiger charge is -2.23. The first-order valence-corrected chi connectivity index (χ1v) is 19.6. The molecule has 1 amide bonds.